The Balaban J connectivity index is 2.82. The number of carbonyl (C=O) groups is 2. The van der Waals surface area contributed by atoms with E-state index in [0.717, 1.165) is 0 Å². The summed E-state index contributed by atoms with van der Waals surface area (Å²) in [4.78, 5) is 22.9. The highest BCUT2D eigenvalue weighted by molar-refractivity contribution is 7.82. The van der Waals surface area contributed by atoms with Crippen LogP contribution in [0, 0.1) is 24.7 Å². The zero-order valence-electron chi connectivity index (χ0n) is 9.40. The van der Waals surface area contributed by atoms with Gasteiger partial charge in [-0.25, -0.2) is 18.0 Å². The van der Waals surface area contributed by atoms with E-state index >= 15 is 0 Å². The normalized spacial score (nSPS) is 23.9. The van der Waals surface area contributed by atoms with Crippen molar-refractivity contribution in [3.8, 4) is 24.7 Å². The summed E-state index contributed by atoms with van der Waals surface area (Å²) in [5.74, 6) is 1.65. The molecule has 0 aliphatic carbocycles. The van der Waals surface area contributed by atoms with Crippen LogP contribution in [0.15, 0.2) is 0 Å². The van der Waals surface area contributed by atoms with Crippen molar-refractivity contribution < 1.29 is 35.8 Å². The van der Waals surface area contributed by atoms with E-state index < -0.39 is 47.8 Å². The quantitative estimate of drug-likeness (QED) is 0.448. The number of hydrogen-bond acceptors (Lipinski definition) is 8. The Morgan fingerprint density at radius 2 is 1.37 bits per heavy atom. The molecule has 0 bridgehead atoms. The van der Waals surface area contributed by atoms with Crippen LogP contribution in [0.3, 0.4) is 0 Å². The molecule has 0 radical (unpaired) electrons. The first kappa shape index (κ1) is 15.0. The van der Waals surface area contributed by atoms with Crippen molar-refractivity contribution in [1.82, 2.24) is 0 Å². The topological polar surface area (TPSA) is 105 Å². The summed E-state index contributed by atoms with van der Waals surface area (Å²) in [5.41, 5.74) is 0. The molecule has 0 saturated carbocycles. The van der Waals surface area contributed by atoms with Gasteiger partial charge in [-0.2, -0.15) is 8.42 Å². The number of rotatable bonds is 4. The number of carbonyl (C=O) groups excluding carboxylic acids is 2. The minimum absolute atomic E-state index is 0.412. The summed E-state index contributed by atoms with van der Waals surface area (Å²) in [7, 11) is -4.49. The molecule has 0 N–H and O–H groups in total. The standard InChI is InChI=1S/C10H8O8S/c1-3-5-15-9(11)7-8(10(12)16-6-4-2)18-19(13,14)17-7/h1-2,7-8H,5-6H2. The van der Waals surface area contributed by atoms with Gasteiger partial charge < -0.3 is 9.47 Å². The third-order valence-electron chi connectivity index (χ3n) is 1.78. The van der Waals surface area contributed by atoms with Gasteiger partial charge in [-0.3, -0.25) is 0 Å². The molecule has 0 amide bonds. The second kappa shape index (κ2) is 6.20. The van der Waals surface area contributed by atoms with E-state index in [1.165, 1.54) is 0 Å². The highest BCUT2D eigenvalue weighted by atomic mass is 32.3. The lowest BCUT2D eigenvalue weighted by atomic mass is 10.2. The van der Waals surface area contributed by atoms with Crippen molar-refractivity contribution >= 4 is 22.3 Å². The Morgan fingerprint density at radius 3 is 1.68 bits per heavy atom. The second-order valence-electron chi connectivity index (χ2n) is 3.07. The number of ether oxygens (including phenoxy) is 2. The maximum Gasteiger partial charge on any atom is 0.401 e. The first-order valence-corrected chi connectivity index (χ1v) is 6.06. The maximum absolute atomic E-state index is 11.4. The van der Waals surface area contributed by atoms with Gasteiger partial charge in [-0.05, 0) is 0 Å². The van der Waals surface area contributed by atoms with Gasteiger partial charge in [0.15, 0.2) is 13.2 Å². The summed E-state index contributed by atoms with van der Waals surface area (Å²) < 4.78 is 39.6. The lowest BCUT2D eigenvalue weighted by Gasteiger charge is -2.11. The zero-order chi connectivity index (χ0) is 14.5. The van der Waals surface area contributed by atoms with Crippen molar-refractivity contribution in [3.05, 3.63) is 0 Å². The molecular formula is C10H8O8S. The monoisotopic (exact) mass is 288 g/mol. The van der Waals surface area contributed by atoms with Crippen LogP contribution < -0.4 is 0 Å². The molecule has 1 saturated heterocycles. The fraction of sp³-hybridized carbons (Fsp3) is 0.400. The van der Waals surface area contributed by atoms with Crippen molar-refractivity contribution in [2.75, 3.05) is 13.2 Å². The van der Waals surface area contributed by atoms with Gasteiger partial charge in [0, 0.05) is 0 Å². The molecule has 0 aromatic heterocycles. The van der Waals surface area contributed by atoms with Gasteiger partial charge in [0.1, 0.15) is 0 Å². The van der Waals surface area contributed by atoms with Gasteiger partial charge in [0.05, 0.1) is 0 Å². The summed E-state index contributed by atoms with van der Waals surface area (Å²) in [6.45, 7) is -0.824. The molecule has 102 valence electrons. The fourth-order valence-electron chi connectivity index (χ4n) is 1.09. The van der Waals surface area contributed by atoms with E-state index in [9.17, 15) is 18.0 Å². The second-order valence-corrected chi connectivity index (χ2v) is 4.27. The molecule has 1 aliphatic rings. The smallest absolute Gasteiger partial charge is 0.401 e. The third-order valence-corrected chi connectivity index (χ3v) is 2.66. The number of terminal acetylenes is 2. The van der Waals surface area contributed by atoms with Gasteiger partial charge in [-0.15, -0.1) is 12.8 Å². The van der Waals surface area contributed by atoms with E-state index in [2.05, 4.69) is 17.8 Å². The van der Waals surface area contributed by atoms with Crippen LogP contribution in [0.25, 0.3) is 0 Å². The largest absolute Gasteiger partial charge is 0.450 e. The van der Waals surface area contributed by atoms with E-state index in [-0.39, 0.29) is 0 Å². The number of esters is 2. The van der Waals surface area contributed by atoms with Crippen molar-refractivity contribution in [1.29, 1.82) is 0 Å². The van der Waals surface area contributed by atoms with Crippen LogP contribution in [0.2, 0.25) is 0 Å². The summed E-state index contributed by atoms with van der Waals surface area (Å²) >= 11 is 0. The molecule has 1 fully saturated rings. The zero-order valence-corrected chi connectivity index (χ0v) is 10.2. The molecule has 0 aromatic rings. The third kappa shape index (κ3) is 3.96. The first-order valence-electron chi connectivity index (χ1n) is 4.73. The average Bonchev–Trinajstić information content (AvgIpc) is 2.69. The van der Waals surface area contributed by atoms with Crippen molar-refractivity contribution in [2.24, 2.45) is 0 Å². The maximum atomic E-state index is 11.4. The summed E-state index contributed by atoms with van der Waals surface area (Å²) in [5, 5.41) is 0. The number of hydrogen-bond donors (Lipinski definition) is 0. The van der Waals surface area contributed by atoms with Gasteiger partial charge in [0.25, 0.3) is 0 Å². The summed E-state index contributed by atoms with van der Waals surface area (Å²) in [6.07, 6.45) is 6.08. The molecule has 2 atom stereocenters. The molecule has 1 rings (SSSR count). The van der Waals surface area contributed by atoms with Gasteiger partial charge in [0.2, 0.25) is 12.2 Å². The lowest BCUT2D eigenvalue weighted by Crippen LogP contribution is -2.39. The van der Waals surface area contributed by atoms with Crippen LogP contribution in [0.1, 0.15) is 0 Å². The first-order chi connectivity index (χ1) is 8.91. The lowest BCUT2D eigenvalue weighted by molar-refractivity contribution is -0.161. The molecule has 8 nitrogen and oxygen atoms in total. The molecule has 19 heavy (non-hydrogen) atoms. The molecule has 0 spiro atoms. The Kier molecular flexibility index (Phi) is 4.89. The molecular weight excluding hydrogens is 280 g/mol. The predicted octanol–water partition coefficient (Wildman–Crippen LogP) is -1.63. The Labute approximate surface area is 109 Å². The van der Waals surface area contributed by atoms with Crippen LogP contribution in [-0.2, 0) is 37.8 Å². The molecule has 1 heterocycles. The van der Waals surface area contributed by atoms with Gasteiger partial charge in [-0.1, -0.05) is 11.8 Å². The van der Waals surface area contributed by atoms with Crippen molar-refractivity contribution in [3.63, 3.8) is 0 Å². The van der Waals surface area contributed by atoms with Gasteiger partial charge >= 0.3 is 22.3 Å². The SMILES string of the molecule is C#CCOC(=O)C1OS(=O)(=O)OC1C(=O)OCC#C. The van der Waals surface area contributed by atoms with E-state index in [4.69, 9.17) is 12.8 Å². The highest BCUT2D eigenvalue weighted by Gasteiger charge is 2.50. The molecule has 1 aliphatic heterocycles. The molecule has 9 heteroatoms. The van der Waals surface area contributed by atoms with E-state index in [1.807, 2.05) is 11.8 Å². The Bertz CT molecular complexity index is 505. The van der Waals surface area contributed by atoms with Crippen LogP contribution in [-0.4, -0.2) is 45.8 Å². The average molecular weight is 288 g/mol. The van der Waals surface area contributed by atoms with E-state index in [0.29, 0.717) is 0 Å². The molecule has 0 aromatic carbocycles. The van der Waals surface area contributed by atoms with Crippen LogP contribution >= 0.6 is 0 Å². The molecule has 2 unspecified atom stereocenters. The van der Waals surface area contributed by atoms with Crippen molar-refractivity contribution in [2.45, 2.75) is 12.2 Å². The summed E-state index contributed by atoms with van der Waals surface area (Å²) in [6, 6.07) is 0. The van der Waals surface area contributed by atoms with Crippen LogP contribution in [0.4, 0.5) is 0 Å². The Morgan fingerprint density at radius 1 is 1.00 bits per heavy atom. The highest BCUT2D eigenvalue weighted by Crippen LogP contribution is 2.22. The predicted molar refractivity (Wildman–Crippen MR) is 58.2 cm³/mol. The minimum Gasteiger partial charge on any atom is -0.450 e. The minimum atomic E-state index is -4.49. The Hall–Kier alpha value is -2.07. The van der Waals surface area contributed by atoms with E-state index in [1.54, 1.807) is 0 Å². The fourth-order valence-corrected chi connectivity index (χ4v) is 2.01. The van der Waals surface area contributed by atoms with Crippen LogP contribution in [0.5, 0.6) is 0 Å².